The fraction of sp³-hybridized carbons (Fsp3) is 0.133. The maximum Gasteiger partial charge on any atom is 0.374 e. The van der Waals surface area contributed by atoms with Gasteiger partial charge < -0.3 is 25.2 Å². The van der Waals surface area contributed by atoms with Crippen LogP contribution in [0.5, 0.6) is 17.2 Å². The minimum atomic E-state index is -1.08. The monoisotopic (exact) mass is 805 g/mol. The van der Waals surface area contributed by atoms with E-state index in [1.54, 1.807) is 24.3 Å². The zero-order valence-electron chi connectivity index (χ0n) is 13.1. The Hall–Kier alpha value is 0.415. The van der Waals surface area contributed by atoms with Gasteiger partial charge in [-0.15, -0.1) is 0 Å². The molecule has 1 unspecified atom stereocenters. The summed E-state index contributed by atoms with van der Waals surface area (Å²) in [7, 11) is -0.955. The van der Waals surface area contributed by atoms with Crippen LogP contribution in [0.25, 0.3) is 0 Å². The average Bonchev–Trinajstić information content (AvgIpc) is 2.53. The Morgan fingerprint density at radius 1 is 1.08 bits per heavy atom. The summed E-state index contributed by atoms with van der Waals surface area (Å²) in [6.45, 7) is 1.47. The van der Waals surface area contributed by atoms with E-state index in [9.17, 15) is 20.0 Å². The Bertz CT molecular complexity index is 803. The quantitative estimate of drug-likeness (QED) is 0.255. The van der Waals surface area contributed by atoms with Crippen LogP contribution in [0.2, 0.25) is 6.82 Å². The van der Waals surface area contributed by atoms with Crippen molar-refractivity contribution in [1.82, 2.24) is 5.23 Å². The highest BCUT2D eigenvalue weighted by Crippen LogP contribution is 2.37. The van der Waals surface area contributed by atoms with Gasteiger partial charge in [-0.3, -0.25) is 4.79 Å². The largest absolute Gasteiger partial charge is 0.506 e. The summed E-state index contributed by atoms with van der Waals surface area (Å²) in [6.07, 6.45) is 0. The number of halogens is 4. The van der Waals surface area contributed by atoms with E-state index in [0.717, 1.165) is 7.14 Å². The van der Waals surface area contributed by atoms with E-state index in [-0.39, 0.29) is 5.75 Å². The molecule has 0 aliphatic heterocycles. The maximum absolute atomic E-state index is 11.5. The zero-order valence-corrected chi connectivity index (χ0v) is 21.8. The number of nitrogens with one attached hydrogen (secondary N) is 1. The molecule has 138 valence electrons. The van der Waals surface area contributed by atoms with E-state index in [2.05, 4.69) is 50.4 Å². The van der Waals surface area contributed by atoms with Crippen LogP contribution >= 0.6 is 90.4 Å². The summed E-state index contributed by atoms with van der Waals surface area (Å²) in [5.41, 5.74) is 0.523. The van der Waals surface area contributed by atoms with Crippen molar-refractivity contribution >= 4 is 103 Å². The highest BCUT2D eigenvalue weighted by molar-refractivity contribution is 14.1. The van der Waals surface area contributed by atoms with Crippen LogP contribution in [-0.2, 0) is 4.79 Å². The van der Waals surface area contributed by atoms with Crippen LogP contribution in [0.3, 0.4) is 0 Å². The smallest absolute Gasteiger partial charge is 0.374 e. The normalized spacial score (nSPS) is 11.9. The second-order valence-corrected chi connectivity index (χ2v) is 9.91. The van der Waals surface area contributed by atoms with Crippen LogP contribution in [0.4, 0.5) is 0 Å². The number of ether oxygens (including phenoxy) is 1. The molecule has 2 aromatic rings. The molecule has 0 bridgehead atoms. The van der Waals surface area contributed by atoms with Gasteiger partial charge >= 0.3 is 13.0 Å². The van der Waals surface area contributed by atoms with E-state index in [1.807, 2.05) is 45.2 Å². The fourth-order valence-electron chi connectivity index (χ4n) is 2.11. The van der Waals surface area contributed by atoms with Crippen LogP contribution in [0.15, 0.2) is 24.3 Å². The van der Waals surface area contributed by atoms with Gasteiger partial charge in [-0.25, -0.2) is 0 Å². The number of hydrogen-bond donors (Lipinski definition) is 4. The Morgan fingerprint density at radius 3 is 2.00 bits per heavy atom. The van der Waals surface area contributed by atoms with Crippen LogP contribution in [0, 0.1) is 14.3 Å². The summed E-state index contributed by atoms with van der Waals surface area (Å²) in [4.78, 5) is 11.5. The number of phenolic OH excluding ortho intramolecular Hbond substituents is 1. The molecule has 0 aliphatic rings. The summed E-state index contributed by atoms with van der Waals surface area (Å²) >= 11 is 8.24. The maximum atomic E-state index is 11.5. The lowest BCUT2D eigenvalue weighted by atomic mass is 9.86. The van der Waals surface area contributed by atoms with Gasteiger partial charge in [-0.2, -0.15) is 0 Å². The van der Waals surface area contributed by atoms with E-state index in [0.29, 0.717) is 24.2 Å². The molecule has 2 rings (SSSR count). The van der Waals surface area contributed by atoms with Gasteiger partial charge in [0.05, 0.1) is 14.3 Å². The molecule has 26 heavy (non-hydrogen) atoms. The number of phenols is 1. The predicted molar refractivity (Wildman–Crippen MR) is 133 cm³/mol. The van der Waals surface area contributed by atoms with E-state index in [4.69, 9.17) is 4.74 Å². The van der Waals surface area contributed by atoms with Crippen molar-refractivity contribution in [1.29, 1.82) is 0 Å². The number of aromatic hydroxyl groups is 1. The first-order valence-electron chi connectivity index (χ1n) is 7.12. The van der Waals surface area contributed by atoms with Crippen molar-refractivity contribution in [3.05, 3.63) is 44.1 Å². The van der Waals surface area contributed by atoms with Crippen molar-refractivity contribution in [3.8, 4) is 17.2 Å². The molecule has 0 amide bonds. The Labute approximate surface area is 205 Å². The summed E-state index contributed by atoms with van der Waals surface area (Å²) in [5, 5.41) is 31.4. The van der Waals surface area contributed by atoms with Gasteiger partial charge in [0.1, 0.15) is 17.5 Å². The minimum absolute atomic E-state index is 0.215. The van der Waals surface area contributed by atoms with E-state index < -0.39 is 19.1 Å². The van der Waals surface area contributed by atoms with E-state index in [1.165, 1.54) is 6.82 Å². The molecule has 0 saturated heterocycles. The van der Waals surface area contributed by atoms with Crippen LogP contribution in [-0.4, -0.2) is 28.3 Å². The molecule has 2 aromatic carbocycles. The molecule has 0 aromatic heterocycles. The molecule has 0 radical (unpaired) electrons. The molecule has 6 nitrogen and oxygen atoms in total. The van der Waals surface area contributed by atoms with Crippen LogP contribution in [0.1, 0.15) is 11.6 Å². The SMILES string of the molecule is CB(O)NC(C(=O)O)c1cc(I)c(Oc2cc(I)c(O)c(I)c2)c(I)c1. The summed E-state index contributed by atoms with van der Waals surface area (Å²) in [5.74, 6) is 0.325. The first-order valence-corrected chi connectivity index (χ1v) is 11.4. The first kappa shape index (κ1) is 22.7. The Balaban J connectivity index is 2.39. The molecule has 0 saturated carbocycles. The lowest BCUT2D eigenvalue weighted by Crippen LogP contribution is -2.38. The van der Waals surface area contributed by atoms with Crippen molar-refractivity contribution in [2.75, 3.05) is 0 Å². The molecule has 11 heteroatoms. The van der Waals surface area contributed by atoms with Crippen molar-refractivity contribution < 1.29 is 24.8 Å². The summed E-state index contributed by atoms with van der Waals surface area (Å²) < 4.78 is 8.81. The highest BCUT2D eigenvalue weighted by atomic mass is 127. The molecule has 0 heterocycles. The number of hydrogen-bond acceptors (Lipinski definition) is 5. The molecule has 4 N–H and O–H groups in total. The number of carboxylic acid groups (broad SMARTS) is 1. The second-order valence-electron chi connectivity index (χ2n) is 5.27. The van der Waals surface area contributed by atoms with Crippen molar-refractivity contribution in [2.24, 2.45) is 0 Å². The minimum Gasteiger partial charge on any atom is -0.506 e. The van der Waals surface area contributed by atoms with Crippen LogP contribution < -0.4 is 9.96 Å². The van der Waals surface area contributed by atoms with Gasteiger partial charge in [-0.05, 0) is 127 Å². The molecule has 0 fully saturated rings. The number of carbonyl (C=O) groups is 1. The molecule has 0 spiro atoms. The lowest BCUT2D eigenvalue weighted by Gasteiger charge is -2.18. The summed E-state index contributed by atoms with van der Waals surface area (Å²) in [6, 6.07) is 5.85. The van der Waals surface area contributed by atoms with Gasteiger partial charge in [0.25, 0.3) is 0 Å². The lowest BCUT2D eigenvalue weighted by molar-refractivity contribution is -0.139. The zero-order chi connectivity index (χ0) is 19.6. The van der Waals surface area contributed by atoms with Gasteiger partial charge in [0.2, 0.25) is 0 Å². The predicted octanol–water partition coefficient (Wildman–Crippen LogP) is 4.43. The number of aliphatic carboxylic acids is 1. The van der Waals surface area contributed by atoms with Gasteiger partial charge in [0.15, 0.2) is 5.75 Å². The number of benzene rings is 2. The first-order chi connectivity index (χ1) is 12.1. The van der Waals surface area contributed by atoms with Gasteiger partial charge in [-0.1, -0.05) is 0 Å². The topological polar surface area (TPSA) is 99.0 Å². The molecule has 0 aliphatic carbocycles. The standard InChI is InChI=1S/C15H12BI4NO5/c1-16(25)21-12(15(23)24)6-2-10(19)14(11(20)3-6)26-7-4-8(17)13(22)9(18)5-7/h2-5,12,21-22,25H,1H3,(H,23,24). The molecule has 1 atom stereocenters. The van der Waals surface area contributed by atoms with Crippen molar-refractivity contribution in [3.63, 3.8) is 0 Å². The molecular formula is C15H12BI4NO5. The second kappa shape index (κ2) is 9.75. The third kappa shape index (κ3) is 5.71. The van der Waals surface area contributed by atoms with E-state index >= 15 is 0 Å². The highest BCUT2D eigenvalue weighted by Gasteiger charge is 2.24. The number of carboxylic acids is 1. The molecular weight excluding hydrogens is 793 g/mol. The average molecular weight is 805 g/mol. The van der Waals surface area contributed by atoms with Gasteiger partial charge in [0, 0.05) is 0 Å². The Kier molecular flexibility index (Phi) is 8.51. The number of rotatable bonds is 6. The third-order valence-corrected chi connectivity index (χ3v) is 6.47. The fourth-order valence-corrected chi connectivity index (χ4v) is 5.86. The third-order valence-electron chi connectivity index (χ3n) is 3.22. The Morgan fingerprint density at radius 2 is 1.58 bits per heavy atom. The van der Waals surface area contributed by atoms with Crippen molar-refractivity contribution in [2.45, 2.75) is 12.9 Å².